The molecule has 1 fully saturated rings. The van der Waals surface area contributed by atoms with Crippen molar-refractivity contribution in [1.29, 1.82) is 0 Å². The van der Waals surface area contributed by atoms with Gasteiger partial charge in [0.1, 0.15) is 6.04 Å². The Labute approximate surface area is 147 Å². The van der Waals surface area contributed by atoms with Crippen LogP contribution in [-0.2, 0) is 16.1 Å². The fourth-order valence-electron chi connectivity index (χ4n) is 2.89. The molecule has 1 heterocycles. The number of carboxylic acids is 1. The molecule has 1 aliphatic heterocycles. The van der Waals surface area contributed by atoms with E-state index in [0.29, 0.717) is 32.5 Å². The van der Waals surface area contributed by atoms with E-state index in [4.69, 9.17) is 5.11 Å². The number of hydrogen-bond acceptors (Lipinski definition) is 3. The Morgan fingerprint density at radius 1 is 1.24 bits per heavy atom. The lowest BCUT2D eigenvalue weighted by atomic mass is 9.96. The lowest BCUT2D eigenvalue weighted by Crippen LogP contribution is -2.48. The normalized spacial score (nSPS) is 16.2. The Hall–Kier alpha value is -2.57. The van der Waals surface area contributed by atoms with Gasteiger partial charge in [0.2, 0.25) is 5.91 Å². The van der Waals surface area contributed by atoms with Crippen molar-refractivity contribution in [1.82, 2.24) is 15.1 Å². The smallest absolute Gasteiger partial charge is 0.325 e. The summed E-state index contributed by atoms with van der Waals surface area (Å²) in [5, 5.41) is 11.3. The first-order chi connectivity index (χ1) is 11.9. The molecule has 0 spiro atoms. The molecule has 0 saturated carbocycles. The molecular weight excluding hydrogens is 322 g/mol. The number of hydrogen-bond donors (Lipinski definition) is 2. The van der Waals surface area contributed by atoms with Gasteiger partial charge in [-0.25, -0.2) is 4.79 Å². The van der Waals surface area contributed by atoms with E-state index in [-0.39, 0.29) is 17.9 Å². The van der Waals surface area contributed by atoms with Gasteiger partial charge in [-0.15, -0.1) is 0 Å². The molecule has 1 atom stereocenters. The Morgan fingerprint density at radius 2 is 1.84 bits per heavy atom. The third kappa shape index (κ3) is 5.20. The predicted molar refractivity (Wildman–Crippen MR) is 92.8 cm³/mol. The largest absolute Gasteiger partial charge is 0.480 e. The van der Waals surface area contributed by atoms with Crippen LogP contribution in [0.25, 0.3) is 0 Å². The SMILES string of the molecule is CC(NC(=O)C1CCN(C(=O)N(C)Cc2ccccc2)CC1)C(=O)O. The molecule has 1 unspecified atom stereocenters. The minimum atomic E-state index is -1.05. The summed E-state index contributed by atoms with van der Waals surface area (Å²) >= 11 is 0. The highest BCUT2D eigenvalue weighted by atomic mass is 16.4. The van der Waals surface area contributed by atoms with Gasteiger partial charge in [-0.1, -0.05) is 30.3 Å². The van der Waals surface area contributed by atoms with Crippen molar-refractivity contribution in [2.45, 2.75) is 32.4 Å². The number of nitrogens with zero attached hydrogens (tertiary/aromatic N) is 2. The molecule has 0 aliphatic carbocycles. The number of urea groups is 1. The van der Waals surface area contributed by atoms with Gasteiger partial charge >= 0.3 is 12.0 Å². The summed E-state index contributed by atoms with van der Waals surface area (Å²) in [6.07, 6.45) is 1.09. The molecule has 1 saturated heterocycles. The van der Waals surface area contributed by atoms with Crippen molar-refractivity contribution in [2.24, 2.45) is 5.92 Å². The van der Waals surface area contributed by atoms with Gasteiger partial charge in [-0.2, -0.15) is 0 Å². The second-order valence-electron chi connectivity index (χ2n) is 6.45. The van der Waals surface area contributed by atoms with E-state index in [0.717, 1.165) is 5.56 Å². The van der Waals surface area contributed by atoms with Crippen molar-refractivity contribution >= 4 is 17.9 Å². The number of benzene rings is 1. The fourth-order valence-corrected chi connectivity index (χ4v) is 2.89. The molecule has 1 aliphatic rings. The molecule has 7 nitrogen and oxygen atoms in total. The zero-order valence-corrected chi connectivity index (χ0v) is 14.6. The number of carboxylic acid groups (broad SMARTS) is 1. The first-order valence-corrected chi connectivity index (χ1v) is 8.45. The highest BCUT2D eigenvalue weighted by molar-refractivity contribution is 5.85. The molecule has 7 heteroatoms. The van der Waals surface area contributed by atoms with E-state index in [1.54, 1.807) is 16.8 Å². The van der Waals surface area contributed by atoms with Crippen molar-refractivity contribution in [3.05, 3.63) is 35.9 Å². The van der Waals surface area contributed by atoms with E-state index in [1.165, 1.54) is 6.92 Å². The average Bonchev–Trinajstić information content (AvgIpc) is 2.61. The molecule has 136 valence electrons. The van der Waals surface area contributed by atoms with E-state index in [1.807, 2.05) is 30.3 Å². The number of carbonyl (C=O) groups excluding carboxylic acids is 2. The zero-order chi connectivity index (χ0) is 18.4. The summed E-state index contributed by atoms with van der Waals surface area (Å²) in [6.45, 7) is 2.97. The van der Waals surface area contributed by atoms with Crippen LogP contribution in [0.1, 0.15) is 25.3 Å². The number of piperidine rings is 1. The van der Waals surface area contributed by atoms with Gasteiger partial charge in [0.25, 0.3) is 0 Å². The van der Waals surface area contributed by atoms with Crippen LogP contribution >= 0.6 is 0 Å². The first kappa shape index (κ1) is 18.8. The molecule has 2 rings (SSSR count). The van der Waals surface area contributed by atoms with E-state index >= 15 is 0 Å². The van der Waals surface area contributed by atoms with E-state index in [9.17, 15) is 14.4 Å². The van der Waals surface area contributed by atoms with Crippen LogP contribution in [0.4, 0.5) is 4.79 Å². The van der Waals surface area contributed by atoms with Crippen molar-refractivity contribution in [3.63, 3.8) is 0 Å². The van der Waals surface area contributed by atoms with Crippen molar-refractivity contribution < 1.29 is 19.5 Å². The van der Waals surface area contributed by atoms with Gasteiger partial charge in [0.15, 0.2) is 0 Å². The molecule has 0 bridgehead atoms. The lowest BCUT2D eigenvalue weighted by molar-refractivity contribution is -0.142. The standard InChI is InChI=1S/C18H25N3O4/c1-13(17(23)24)19-16(22)15-8-10-21(11-9-15)18(25)20(2)12-14-6-4-3-5-7-14/h3-7,13,15H,8-12H2,1-2H3,(H,19,22)(H,23,24). The van der Waals surface area contributed by atoms with Crippen LogP contribution in [0.2, 0.25) is 0 Å². The third-order valence-electron chi connectivity index (χ3n) is 4.45. The monoisotopic (exact) mass is 347 g/mol. The van der Waals surface area contributed by atoms with Crippen molar-refractivity contribution in [2.75, 3.05) is 20.1 Å². The topological polar surface area (TPSA) is 90.0 Å². The molecule has 0 aromatic heterocycles. The van der Waals surface area contributed by atoms with Gasteiger partial charge < -0.3 is 20.2 Å². The predicted octanol–water partition coefficient (Wildman–Crippen LogP) is 1.54. The molecule has 1 aromatic rings. The molecule has 3 amide bonds. The fraction of sp³-hybridized carbons (Fsp3) is 0.500. The van der Waals surface area contributed by atoms with Crippen LogP contribution in [0.3, 0.4) is 0 Å². The average molecular weight is 347 g/mol. The summed E-state index contributed by atoms with van der Waals surface area (Å²) in [4.78, 5) is 38.8. The number of rotatable bonds is 5. The van der Waals surface area contributed by atoms with E-state index in [2.05, 4.69) is 5.32 Å². The summed E-state index contributed by atoms with van der Waals surface area (Å²) in [5.41, 5.74) is 1.07. The maximum absolute atomic E-state index is 12.5. The Kier molecular flexibility index (Phi) is 6.38. The second kappa shape index (κ2) is 8.50. The van der Waals surface area contributed by atoms with Crippen LogP contribution < -0.4 is 5.32 Å². The quantitative estimate of drug-likeness (QED) is 0.845. The van der Waals surface area contributed by atoms with Crippen molar-refractivity contribution in [3.8, 4) is 0 Å². The molecule has 1 aromatic carbocycles. The highest BCUT2D eigenvalue weighted by Crippen LogP contribution is 2.19. The van der Waals surface area contributed by atoms with Gasteiger partial charge in [-0.05, 0) is 25.3 Å². The van der Waals surface area contributed by atoms with Crippen LogP contribution in [0.5, 0.6) is 0 Å². The number of aliphatic carboxylic acids is 1. The third-order valence-corrected chi connectivity index (χ3v) is 4.45. The Bertz CT molecular complexity index is 612. The summed E-state index contributed by atoms with van der Waals surface area (Å²) in [6, 6.07) is 8.82. The van der Waals surface area contributed by atoms with E-state index < -0.39 is 12.0 Å². The minimum absolute atomic E-state index is 0.0541. The zero-order valence-electron chi connectivity index (χ0n) is 14.6. The lowest BCUT2D eigenvalue weighted by Gasteiger charge is -2.34. The second-order valence-corrected chi connectivity index (χ2v) is 6.45. The molecular formula is C18H25N3O4. The van der Waals surface area contributed by atoms with Gasteiger partial charge in [-0.3, -0.25) is 9.59 Å². The maximum atomic E-state index is 12.5. The number of nitrogens with one attached hydrogen (secondary N) is 1. The highest BCUT2D eigenvalue weighted by Gasteiger charge is 2.29. The molecule has 2 N–H and O–H groups in total. The minimum Gasteiger partial charge on any atom is -0.480 e. The maximum Gasteiger partial charge on any atom is 0.325 e. The number of amides is 3. The van der Waals surface area contributed by atoms with Crippen LogP contribution in [0.15, 0.2) is 30.3 Å². The first-order valence-electron chi connectivity index (χ1n) is 8.45. The number of carbonyl (C=O) groups is 3. The molecule has 0 radical (unpaired) electrons. The summed E-state index contributed by atoms with van der Waals surface area (Å²) < 4.78 is 0. The van der Waals surface area contributed by atoms with Crippen LogP contribution in [0, 0.1) is 5.92 Å². The Morgan fingerprint density at radius 3 is 2.40 bits per heavy atom. The van der Waals surface area contributed by atoms with Gasteiger partial charge in [0.05, 0.1) is 0 Å². The summed E-state index contributed by atoms with van der Waals surface area (Å²) in [7, 11) is 1.77. The molecule has 25 heavy (non-hydrogen) atoms. The Balaban J connectivity index is 1.81. The van der Waals surface area contributed by atoms with Crippen LogP contribution in [-0.4, -0.2) is 59.0 Å². The van der Waals surface area contributed by atoms with Gasteiger partial charge in [0, 0.05) is 32.6 Å². The number of likely N-dealkylation sites (tertiary alicyclic amines) is 1. The summed E-state index contributed by atoms with van der Waals surface area (Å²) in [5.74, 6) is -1.55.